The number of rotatable bonds is 3. The van der Waals surface area contributed by atoms with E-state index in [1.165, 1.54) is 6.07 Å². The van der Waals surface area contributed by atoms with Gasteiger partial charge in [0.1, 0.15) is 5.03 Å². The summed E-state index contributed by atoms with van der Waals surface area (Å²) in [7, 11) is -5.21. The second kappa shape index (κ2) is 7.51. The molecule has 0 saturated heterocycles. The van der Waals surface area contributed by atoms with E-state index in [4.69, 9.17) is 0 Å². The van der Waals surface area contributed by atoms with Crippen LogP contribution in [-0.2, 0) is 15.9 Å². The molecule has 158 valence electrons. The molecule has 2 heterocycles. The van der Waals surface area contributed by atoms with Crippen molar-refractivity contribution >= 4 is 15.6 Å². The normalized spacial score (nSPS) is 14.2. The van der Waals surface area contributed by atoms with E-state index in [1.54, 1.807) is 0 Å². The summed E-state index contributed by atoms with van der Waals surface area (Å²) < 4.78 is 97.0. The largest absolute Gasteiger partial charge is 0.485 e. The first-order valence-electron chi connectivity index (χ1n) is 7.72. The summed E-state index contributed by atoms with van der Waals surface area (Å²) in [6, 6.07) is 7.36. The molecular weight excluding hydrogens is 442 g/mol. The molecule has 0 bridgehead atoms. The molecule has 1 aromatic carbocycles. The van der Waals surface area contributed by atoms with Gasteiger partial charge in [-0.05, 0) is 24.3 Å². The average Bonchev–Trinajstić information content (AvgIpc) is 3.18. The van der Waals surface area contributed by atoms with Gasteiger partial charge in [-0.15, -0.1) is 4.36 Å². The number of amides is 1. The van der Waals surface area contributed by atoms with Gasteiger partial charge in [0.15, 0.2) is 9.73 Å². The second-order valence-electron chi connectivity index (χ2n) is 5.53. The van der Waals surface area contributed by atoms with Crippen LogP contribution in [0.4, 0.5) is 26.3 Å². The zero-order valence-corrected chi connectivity index (χ0v) is 15.1. The van der Waals surface area contributed by atoms with Gasteiger partial charge in [0, 0.05) is 17.3 Å². The molecule has 3 aromatic rings. The molecule has 30 heavy (non-hydrogen) atoms. The molecule has 0 aliphatic carbocycles. The van der Waals surface area contributed by atoms with Crippen LogP contribution >= 0.6 is 0 Å². The van der Waals surface area contributed by atoms with E-state index in [0.29, 0.717) is 0 Å². The minimum Gasteiger partial charge on any atom is -0.329 e. The maximum Gasteiger partial charge on any atom is 0.485 e. The van der Waals surface area contributed by atoms with Crippen molar-refractivity contribution in [3.8, 4) is 11.4 Å². The van der Waals surface area contributed by atoms with Gasteiger partial charge >= 0.3 is 17.6 Å². The van der Waals surface area contributed by atoms with Crippen LogP contribution in [0.3, 0.4) is 0 Å². The summed E-state index contributed by atoms with van der Waals surface area (Å²) in [5.74, 6) is -3.50. The van der Waals surface area contributed by atoms with E-state index >= 15 is 0 Å². The molecule has 0 saturated carbocycles. The Hall–Kier alpha value is -3.29. The topological polar surface area (TPSA) is 98.3 Å². The van der Waals surface area contributed by atoms with E-state index in [0.717, 1.165) is 42.6 Å². The van der Waals surface area contributed by atoms with Gasteiger partial charge < -0.3 is 4.52 Å². The van der Waals surface area contributed by atoms with E-state index in [1.807, 2.05) is 0 Å². The van der Waals surface area contributed by atoms with Crippen molar-refractivity contribution in [1.82, 2.24) is 15.1 Å². The Morgan fingerprint density at radius 3 is 2.17 bits per heavy atom. The Bertz CT molecular complexity index is 1180. The van der Waals surface area contributed by atoms with Gasteiger partial charge in [0.25, 0.3) is 5.91 Å². The molecule has 0 aliphatic rings. The smallest absolute Gasteiger partial charge is 0.329 e. The number of benzene rings is 1. The van der Waals surface area contributed by atoms with Crippen molar-refractivity contribution in [2.75, 3.05) is 0 Å². The molecular formula is C16H8F6N4O3S. The molecule has 1 atom stereocenters. The number of pyridine rings is 1. The van der Waals surface area contributed by atoms with Crippen LogP contribution in [0, 0.1) is 0 Å². The predicted molar refractivity (Wildman–Crippen MR) is 88.2 cm³/mol. The third-order valence-corrected chi connectivity index (χ3v) is 5.36. The Kier molecular flexibility index (Phi) is 5.36. The molecule has 1 unspecified atom stereocenters. The Balaban J connectivity index is 1.95. The lowest BCUT2D eigenvalue weighted by Gasteiger charge is -2.12. The number of hydrogen-bond donors (Lipinski definition) is 0. The number of alkyl halides is 6. The fourth-order valence-electron chi connectivity index (χ4n) is 2.12. The van der Waals surface area contributed by atoms with Crippen LogP contribution in [0.1, 0.15) is 16.2 Å². The summed E-state index contributed by atoms with van der Waals surface area (Å²) in [5, 5.41) is 2.21. The predicted octanol–water partition coefficient (Wildman–Crippen LogP) is 4.34. The van der Waals surface area contributed by atoms with Crippen LogP contribution in [0.5, 0.6) is 0 Å². The molecule has 0 N–H and O–H groups in total. The van der Waals surface area contributed by atoms with Crippen molar-refractivity contribution in [2.24, 2.45) is 4.36 Å². The van der Waals surface area contributed by atoms with E-state index in [-0.39, 0.29) is 5.56 Å². The van der Waals surface area contributed by atoms with Crippen LogP contribution in [-0.4, -0.2) is 30.7 Å². The lowest BCUT2D eigenvalue weighted by molar-refractivity contribution is -0.159. The van der Waals surface area contributed by atoms with Crippen molar-refractivity contribution in [2.45, 2.75) is 16.7 Å². The number of carbonyl (C=O) groups excluding carboxylic acids is 1. The summed E-state index contributed by atoms with van der Waals surface area (Å²) in [6.07, 6.45) is -3.89. The lowest BCUT2D eigenvalue weighted by Crippen LogP contribution is -2.25. The summed E-state index contributed by atoms with van der Waals surface area (Å²) in [6.45, 7) is 0. The van der Waals surface area contributed by atoms with Crippen molar-refractivity contribution in [3.05, 3.63) is 60.1 Å². The SMILES string of the molecule is O=C(N=S(=O)(c1ccccn1)C(F)(F)F)c1ccc(-c2noc(C(F)(F)F)n2)cc1. The molecule has 0 spiro atoms. The van der Waals surface area contributed by atoms with Crippen LogP contribution in [0.2, 0.25) is 0 Å². The average molecular weight is 450 g/mol. The second-order valence-corrected chi connectivity index (χ2v) is 7.65. The highest BCUT2D eigenvalue weighted by molar-refractivity contribution is 7.94. The van der Waals surface area contributed by atoms with Gasteiger partial charge in [0.05, 0.1) is 0 Å². The molecule has 2 aromatic heterocycles. The standard InChI is InChI=1S/C16H8F6N4O3S/c17-15(18,19)14-24-12(25-29-14)9-4-6-10(7-5-9)13(27)26-30(28,16(20,21)22)11-3-1-2-8-23-11/h1-8H. The van der Waals surface area contributed by atoms with Crippen molar-refractivity contribution < 1.29 is 39.9 Å². The highest BCUT2D eigenvalue weighted by atomic mass is 32.2. The Labute approximate surface area is 163 Å². The lowest BCUT2D eigenvalue weighted by atomic mass is 10.1. The fourth-order valence-corrected chi connectivity index (χ4v) is 3.35. The molecule has 1 amide bonds. The molecule has 0 radical (unpaired) electrons. The minimum absolute atomic E-state index is 0.00733. The number of aromatic nitrogens is 3. The highest BCUT2D eigenvalue weighted by Crippen LogP contribution is 2.32. The molecule has 7 nitrogen and oxygen atoms in total. The van der Waals surface area contributed by atoms with Gasteiger partial charge in [-0.25, -0.2) is 9.19 Å². The molecule has 0 aliphatic heterocycles. The van der Waals surface area contributed by atoms with Gasteiger partial charge in [-0.3, -0.25) is 4.79 Å². The van der Waals surface area contributed by atoms with Crippen LogP contribution in [0.15, 0.2) is 62.6 Å². The van der Waals surface area contributed by atoms with Gasteiger partial charge in [-0.1, -0.05) is 23.4 Å². The summed E-state index contributed by atoms with van der Waals surface area (Å²) >= 11 is 0. The van der Waals surface area contributed by atoms with E-state index in [2.05, 4.69) is 24.0 Å². The van der Waals surface area contributed by atoms with Crippen LogP contribution < -0.4 is 0 Å². The summed E-state index contributed by atoms with van der Waals surface area (Å²) in [4.78, 5) is 18.7. The molecule has 3 rings (SSSR count). The monoisotopic (exact) mass is 450 g/mol. The maximum absolute atomic E-state index is 13.4. The first-order chi connectivity index (χ1) is 13.9. The third-order valence-electron chi connectivity index (χ3n) is 3.51. The number of halogens is 6. The minimum atomic E-state index is -5.38. The highest BCUT2D eigenvalue weighted by Gasteiger charge is 2.46. The number of nitrogens with zero attached hydrogens (tertiary/aromatic N) is 4. The van der Waals surface area contributed by atoms with E-state index in [9.17, 15) is 35.3 Å². The Morgan fingerprint density at radius 2 is 1.67 bits per heavy atom. The first kappa shape index (κ1) is 21.4. The number of carbonyl (C=O) groups is 1. The van der Waals surface area contributed by atoms with Gasteiger partial charge in [0.2, 0.25) is 5.82 Å². The van der Waals surface area contributed by atoms with Crippen molar-refractivity contribution in [3.63, 3.8) is 0 Å². The Morgan fingerprint density at radius 1 is 1.00 bits per heavy atom. The fraction of sp³-hybridized carbons (Fsp3) is 0.125. The van der Waals surface area contributed by atoms with E-state index < -0.39 is 49.6 Å². The molecule has 14 heteroatoms. The third kappa shape index (κ3) is 4.17. The summed E-state index contributed by atoms with van der Waals surface area (Å²) in [5.41, 5.74) is -5.78. The van der Waals surface area contributed by atoms with Crippen molar-refractivity contribution in [1.29, 1.82) is 0 Å². The zero-order chi connectivity index (χ0) is 22.2. The molecule has 0 fully saturated rings. The quantitative estimate of drug-likeness (QED) is 0.551. The number of hydrogen-bond acceptors (Lipinski definition) is 6. The maximum atomic E-state index is 13.4. The first-order valence-corrected chi connectivity index (χ1v) is 9.23. The van der Waals surface area contributed by atoms with Crippen LogP contribution in [0.25, 0.3) is 11.4 Å². The van der Waals surface area contributed by atoms with Gasteiger partial charge in [-0.2, -0.15) is 31.3 Å². The zero-order valence-electron chi connectivity index (χ0n) is 14.3.